The van der Waals surface area contributed by atoms with Gasteiger partial charge in [0.15, 0.2) is 0 Å². The Kier molecular flexibility index (Phi) is 4.74. The van der Waals surface area contributed by atoms with E-state index in [1.165, 1.54) is 0 Å². The van der Waals surface area contributed by atoms with Gasteiger partial charge in [0, 0.05) is 16.6 Å². The van der Waals surface area contributed by atoms with Crippen LogP contribution in [-0.2, 0) is 13.0 Å². The third kappa shape index (κ3) is 3.23. The van der Waals surface area contributed by atoms with E-state index in [1.807, 2.05) is 13.0 Å². The summed E-state index contributed by atoms with van der Waals surface area (Å²) in [5.41, 5.74) is 7.99. The van der Waals surface area contributed by atoms with E-state index >= 15 is 0 Å². The van der Waals surface area contributed by atoms with Gasteiger partial charge < -0.3 is 5.73 Å². The van der Waals surface area contributed by atoms with Crippen LogP contribution < -0.4 is 5.73 Å². The van der Waals surface area contributed by atoms with Gasteiger partial charge in [-0.2, -0.15) is 5.10 Å². The van der Waals surface area contributed by atoms with Crippen LogP contribution >= 0.6 is 34.8 Å². The van der Waals surface area contributed by atoms with Crippen molar-refractivity contribution in [3.8, 4) is 0 Å². The lowest BCUT2D eigenvalue weighted by atomic mass is 10.0. The predicted octanol–water partition coefficient (Wildman–Crippen LogP) is 4.11. The molecule has 19 heavy (non-hydrogen) atoms. The minimum absolute atomic E-state index is 0.256. The van der Waals surface area contributed by atoms with Crippen LogP contribution in [0.1, 0.15) is 24.2 Å². The SMILES string of the molecule is CCn1ncc(Cl)c1C(N)Cc1ccc(Cl)cc1Cl. The molecular weight excluding hydrogens is 305 g/mol. The van der Waals surface area contributed by atoms with Gasteiger partial charge in [-0.15, -0.1) is 0 Å². The summed E-state index contributed by atoms with van der Waals surface area (Å²) < 4.78 is 1.80. The van der Waals surface area contributed by atoms with E-state index in [-0.39, 0.29) is 6.04 Å². The highest BCUT2D eigenvalue weighted by Crippen LogP contribution is 2.28. The van der Waals surface area contributed by atoms with Crippen LogP contribution in [0.2, 0.25) is 15.1 Å². The quantitative estimate of drug-likeness (QED) is 0.922. The fourth-order valence-corrected chi connectivity index (χ4v) is 2.78. The van der Waals surface area contributed by atoms with E-state index in [0.29, 0.717) is 21.5 Å². The van der Waals surface area contributed by atoms with Gasteiger partial charge in [-0.05, 0) is 31.0 Å². The first-order valence-electron chi connectivity index (χ1n) is 5.93. The molecular formula is C13H14Cl3N3. The van der Waals surface area contributed by atoms with Crippen molar-refractivity contribution in [2.75, 3.05) is 0 Å². The molecule has 0 fully saturated rings. The highest BCUT2D eigenvalue weighted by Gasteiger charge is 2.17. The Hall–Kier alpha value is -0.740. The Balaban J connectivity index is 2.25. The molecule has 1 atom stereocenters. The van der Waals surface area contributed by atoms with Gasteiger partial charge in [-0.25, -0.2) is 0 Å². The van der Waals surface area contributed by atoms with Crippen molar-refractivity contribution >= 4 is 34.8 Å². The first-order chi connectivity index (χ1) is 9.02. The summed E-state index contributed by atoms with van der Waals surface area (Å²) in [6.07, 6.45) is 2.20. The van der Waals surface area contributed by atoms with E-state index < -0.39 is 0 Å². The first kappa shape index (κ1) is 14.7. The second-order valence-corrected chi connectivity index (χ2v) is 5.49. The van der Waals surface area contributed by atoms with Gasteiger partial charge in [0.1, 0.15) is 0 Å². The smallest absolute Gasteiger partial charge is 0.0834 e. The minimum Gasteiger partial charge on any atom is -0.322 e. The molecule has 102 valence electrons. The molecule has 1 aromatic heterocycles. The van der Waals surface area contributed by atoms with Gasteiger partial charge in [-0.3, -0.25) is 4.68 Å². The lowest BCUT2D eigenvalue weighted by Gasteiger charge is -2.15. The molecule has 0 saturated carbocycles. The van der Waals surface area contributed by atoms with Crippen molar-refractivity contribution in [3.63, 3.8) is 0 Å². The third-order valence-corrected chi connectivity index (χ3v) is 3.82. The Morgan fingerprint density at radius 2 is 2.00 bits per heavy atom. The second kappa shape index (κ2) is 6.14. The van der Waals surface area contributed by atoms with Gasteiger partial charge in [0.2, 0.25) is 0 Å². The average molecular weight is 319 g/mol. The molecule has 0 bridgehead atoms. The molecule has 0 amide bonds. The number of hydrogen-bond acceptors (Lipinski definition) is 2. The van der Waals surface area contributed by atoms with Crippen LogP contribution in [0.4, 0.5) is 0 Å². The van der Waals surface area contributed by atoms with E-state index in [4.69, 9.17) is 40.5 Å². The lowest BCUT2D eigenvalue weighted by molar-refractivity contribution is 0.569. The average Bonchev–Trinajstić information content (AvgIpc) is 2.74. The first-order valence-corrected chi connectivity index (χ1v) is 7.07. The predicted molar refractivity (Wildman–Crippen MR) is 80.0 cm³/mol. The van der Waals surface area contributed by atoms with E-state index in [0.717, 1.165) is 17.8 Å². The molecule has 0 saturated heterocycles. The molecule has 0 aliphatic heterocycles. The van der Waals surface area contributed by atoms with E-state index in [1.54, 1.807) is 23.0 Å². The molecule has 0 aliphatic carbocycles. The minimum atomic E-state index is -0.256. The summed E-state index contributed by atoms with van der Waals surface area (Å²) in [7, 11) is 0. The Morgan fingerprint density at radius 3 is 2.63 bits per heavy atom. The molecule has 0 radical (unpaired) electrons. The maximum Gasteiger partial charge on any atom is 0.0834 e. The molecule has 0 aliphatic rings. The van der Waals surface area contributed by atoms with Crippen molar-refractivity contribution in [1.29, 1.82) is 0 Å². The van der Waals surface area contributed by atoms with Crippen molar-refractivity contribution in [1.82, 2.24) is 9.78 Å². The Bertz CT molecular complexity index is 581. The Labute approximate surface area is 127 Å². The molecule has 1 heterocycles. The molecule has 0 spiro atoms. The number of benzene rings is 1. The van der Waals surface area contributed by atoms with Crippen LogP contribution in [0.25, 0.3) is 0 Å². The van der Waals surface area contributed by atoms with Crippen molar-refractivity contribution < 1.29 is 0 Å². The standard InChI is InChI=1S/C13H14Cl3N3/c1-2-19-13(11(16)7-18-19)12(17)5-8-3-4-9(14)6-10(8)15/h3-4,6-7,12H,2,5,17H2,1H3. The number of hydrogen-bond donors (Lipinski definition) is 1. The highest BCUT2D eigenvalue weighted by molar-refractivity contribution is 6.35. The monoisotopic (exact) mass is 317 g/mol. The number of nitrogens with two attached hydrogens (primary N) is 1. The number of nitrogens with zero attached hydrogens (tertiary/aromatic N) is 2. The zero-order valence-corrected chi connectivity index (χ0v) is 12.7. The topological polar surface area (TPSA) is 43.8 Å². The van der Waals surface area contributed by atoms with E-state index in [2.05, 4.69) is 5.10 Å². The van der Waals surface area contributed by atoms with Gasteiger partial charge >= 0.3 is 0 Å². The zero-order valence-electron chi connectivity index (χ0n) is 10.4. The fraction of sp³-hybridized carbons (Fsp3) is 0.308. The van der Waals surface area contributed by atoms with E-state index in [9.17, 15) is 0 Å². The maximum absolute atomic E-state index is 6.22. The molecule has 1 unspecified atom stereocenters. The summed E-state index contributed by atoms with van der Waals surface area (Å²) >= 11 is 18.2. The number of halogens is 3. The Morgan fingerprint density at radius 1 is 1.26 bits per heavy atom. The summed E-state index contributed by atoms with van der Waals surface area (Å²) in [4.78, 5) is 0. The number of aromatic nitrogens is 2. The summed E-state index contributed by atoms with van der Waals surface area (Å²) in [6, 6.07) is 5.14. The summed E-state index contributed by atoms with van der Waals surface area (Å²) in [5, 5.41) is 5.99. The lowest BCUT2D eigenvalue weighted by Crippen LogP contribution is -2.18. The summed E-state index contributed by atoms with van der Waals surface area (Å²) in [6.45, 7) is 2.72. The molecule has 2 N–H and O–H groups in total. The molecule has 3 nitrogen and oxygen atoms in total. The maximum atomic E-state index is 6.22. The second-order valence-electron chi connectivity index (χ2n) is 4.24. The third-order valence-electron chi connectivity index (χ3n) is 2.94. The highest BCUT2D eigenvalue weighted by atomic mass is 35.5. The van der Waals surface area contributed by atoms with Crippen LogP contribution in [0.15, 0.2) is 24.4 Å². The van der Waals surface area contributed by atoms with Crippen molar-refractivity contribution in [2.24, 2.45) is 5.73 Å². The molecule has 2 aromatic rings. The van der Waals surface area contributed by atoms with Crippen LogP contribution in [0.3, 0.4) is 0 Å². The van der Waals surface area contributed by atoms with Crippen LogP contribution in [-0.4, -0.2) is 9.78 Å². The van der Waals surface area contributed by atoms with Crippen LogP contribution in [0, 0.1) is 0 Å². The molecule has 6 heteroatoms. The van der Waals surface area contributed by atoms with Crippen molar-refractivity contribution in [2.45, 2.75) is 25.9 Å². The largest absolute Gasteiger partial charge is 0.322 e. The number of rotatable bonds is 4. The van der Waals surface area contributed by atoms with Gasteiger partial charge in [0.25, 0.3) is 0 Å². The molecule has 1 aromatic carbocycles. The number of aryl methyl sites for hydroxylation is 1. The molecule has 2 rings (SSSR count). The van der Waals surface area contributed by atoms with Crippen molar-refractivity contribution in [3.05, 3.63) is 50.7 Å². The zero-order chi connectivity index (χ0) is 14.0. The normalized spacial score (nSPS) is 12.7. The summed E-state index contributed by atoms with van der Waals surface area (Å²) in [5.74, 6) is 0. The fourth-order valence-electron chi connectivity index (χ4n) is 2.01. The van der Waals surface area contributed by atoms with Crippen LogP contribution in [0.5, 0.6) is 0 Å². The van der Waals surface area contributed by atoms with Gasteiger partial charge in [-0.1, -0.05) is 40.9 Å². The van der Waals surface area contributed by atoms with Gasteiger partial charge in [0.05, 0.1) is 23.0 Å².